The van der Waals surface area contributed by atoms with Crippen LogP contribution >= 0.6 is 0 Å². The SMILES string of the molecule is CC(C)N(Cc1ccccc1)C(=O)C(C)n1cccn1. The fraction of sp³-hybridized carbons (Fsp3) is 0.375. The Morgan fingerprint density at radius 2 is 1.90 bits per heavy atom. The minimum atomic E-state index is -0.281. The molecule has 0 aliphatic rings. The highest BCUT2D eigenvalue weighted by molar-refractivity contribution is 5.80. The molecule has 0 saturated carbocycles. The second kappa shape index (κ2) is 6.37. The van der Waals surface area contributed by atoms with Gasteiger partial charge in [0.2, 0.25) is 5.91 Å². The summed E-state index contributed by atoms with van der Waals surface area (Å²) in [6.07, 6.45) is 3.52. The Morgan fingerprint density at radius 3 is 2.45 bits per heavy atom. The third-order valence-electron chi connectivity index (χ3n) is 3.38. The highest BCUT2D eigenvalue weighted by Crippen LogP contribution is 2.15. The Morgan fingerprint density at radius 1 is 1.20 bits per heavy atom. The Bertz CT molecular complexity index is 534. The molecule has 0 saturated heterocycles. The van der Waals surface area contributed by atoms with E-state index in [-0.39, 0.29) is 18.0 Å². The molecule has 20 heavy (non-hydrogen) atoms. The van der Waals surface area contributed by atoms with Crippen LogP contribution < -0.4 is 0 Å². The van der Waals surface area contributed by atoms with E-state index < -0.39 is 0 Å². The van der Waals surface area contributed by atoms with Gasteiger partial charge in [0.1, 0.15) is 6.04 Å². The van der Waals surface area contributed by atoms with Crippen molar-refractivity contribution in [2.75, 3.05) is 0 Å². The van der Waals surface area contributed by atoms with Crippen molar-refractivity contribution in [1.82, 2.24) is 14.7 Å². The van der Waals surface area contributed by atoms with Gasteiger partial charge in [-0.1, -0.05) is 30.3 Å². The first kappa shape index (κ1) is 14.3. The van der Waals surface area contributed by atoms with Gasteiger partial charge in [-0.25, -0.2) is 0 Å². The van der Waals surface area contributed by atoms with E-state index in [1.165, 1.54) is 0 Å². The first-order valence-electron chi connectivity index (χ1n) is 6.93. The lowest BCUT2D eigenvalue weighted by molar-refractivity contribution is -0.137. The van der Waals surface area contributed by atoms with E-state index in [0.29, 0.717) is 6.54 Å². The minimum absolute atomic E-state index is 0.0903. The topological polar surface area (TPSA) is 38.1 Å². The molecule has 2 aromatic rings. The van der Waals surface area contributed by atoms with Gasteiger partial charge in [0.15, 0.2) is 0 Å². The summed E-state index contributed by atoms with van der Waals surface area (Å²) in [5, 5.41) is 4.16. The summed E-state index contributed by atoms with van der Waals surface area (Å²) >= 11 is 0. The number of nitrogens with zero attached hydrogens (tertiary/aromatic N) is 3. The standard InChI is InChI=1S/C16H21N3O/c1-13(2)18(12-15-8-5-4-6-9-15)16(20)14(3)19-11-7-10-17-19/h4-11,13-14H,12H2,1-3H3. The molecule has 0 fully saturated rings. The van der Waals surface area contributed by atoms with Crippen molar-refractivity contribution in [2.24, 2.45) is 0 Å². The summed E-state index contributed by atoms with van der Waals surface area (Å²) in [5.41, 5.74) is 1.14. The van der Waals surface area contributed by atoms with Gasteiger partial charge in [0.25, 0.3) is 0 Å². The quantitative estimate of drug-likeness (QED) is 0.838. The summed E-state index contributed by atoms with van der Waals surface area (Å²) in [4.78, 5) is 14.5. The van der Waals surface area contributed by atoms with Crippen molar-refractivity contribution < 1.29 is 4.79 Å². The van der Waals surface area contributed by atoms with Gasteiger partial charge in [0, 0.05) is 25.0 Å². The van der Waals surface area contributed by atoms with Gasteiger partial charge < -0.3 is 4.90 Å². The molecule has 1 atom stereocenters. The lowest BCUT2D eigenvalue weighted by Crippen LogP contribution is -2.40. The van der Waals surface area contributed by atoms with Gasteiger partial charge in [-0.15, -0.1) is 0 Å². The van der Waals surface area contributed by atoms with Crippen LogP contribution in [0.4, 0.5) is 0 Å². The molecule has 4 nitrogen and oxygen atoms in total. The third-order valence-corrected chi connectivity index (χ3v) is 3.38. The van der Waals surface area contributed by atoms with Crippen LogP contribution in [0.5, 0.6) is 0 Å². The van der Waals surface area contributed by atoms with Crippen molar-refractivity contribution in [1.29, 1.82) is 0 Å². The number of hydrogen-bond donors (Lipinski definition) is 0. The van der Waals surface area contributed by atoms with E-state index in [4.69, 9.17) is 0 Å². The Labute approximate surface area is 120 Å². The summed E-state index contributed by atoms with van der Waals surface area (Å²) in [5.74, 6) is 0.0903. The Balaban J connectivity index is 2.14. The van der Waals surface area contributed by atoms with Crippen molar-refractivity contribution >= 4 is 5.91 Å². The van der Waals surface area contributed by atoms with Gasteiger partial charge in [0.05, 0.1) is 0 Å². The molecule has 0 spiro atoms. The number of carbonyl (C=O) groups is 1. The number of rotatable bonds is 5. The molecule has 1 aromatic carbocycles. The van der Waals surface area contributed by atoms with Crippen LogP contribution in [-0.2, 0) is 11.3 Å². The van der Waals surface area contributed by atoms with Crippen LogP contribution in [0.1, 0.15) is 32.4 Å². The molecule has 1 aromatic heterocycles. The zero-order valence-corrected chi connectivity index (χ0v) is 12.2. The maximum Gasteiger partial charge on any atom is 0.247 e. The average molecular weight is 271 g/mol. The van der Waals surface area contributed by atoms with Gasteiger partial charge in [-0.3, -0.25) is 9.48 Å². The van der Waals surface area contributed by atoms with Gasteiger partial charge >= 0.3 is 0 Å². The fourth-order valence-corrected chi connectivity index (χ4v) is 2.16. The molecule has 0 aliphatic carbocycles. The van der Waals surface area contributed by atoms with E-state index in [9.17, 15) is 4.79 Å². The maximum absolute atomic E-state index is 12.7. The molecule has 0 N–H and O–H groups in total. The van der Waals surface area contributed by atoms with Crippen LogP contribution in [0.3, 0.4) is 0 Å². The number of benzene rings is 1. The van der Waals surface area contributed by atoms with E-state index in [2.05, 4.69) is 5.10 Å². The van der Waals surface area contributed by atoms with Crippen molar-refractivity contribution in [3.63, 3.8) is 0 Å². The molecular formula is C16H21N3O. The largest absolute Gasteiger partial charge is 0.334 e. The second-order valence-corrected chi connectivity index (χ2v) is 5.21. The normalized spacial score (nSPS) is 12.4. The second-order valence-electron chi connectivity index (χ2n) is 5.21. The van der Waals surface area contributed by atoms with E-state index in [0.717, 1.165) is 5.56 Å². The van der Waals surface area contributed by atoms with Crippen LogP contribution in [0.15, 0.2) is 48.8 Å². The molecule has 0 aliphatic heterocycles. The first-order valence-corrected chi connectivity index (χ1v) is 6.93. The Hall–Kier alpha value is -2.10. The summed E-state index contributed by atoms with van der Waals surface area (Å²) in [7, 11) is 0. The zero-order chi connectivity index (χ0) is 14.5. The lowest BCUT2D eigenvalue weighted by atomic mass is 10.1. The molecule has 0 bridgehead atoms. The molecule has 1 amide bonds. The van der Waals surface area contributed by atoms with Gasteiger partial charge in [-0.2, -0.15) is 5.10 Å². The molecule has 106 valence electrons. The van der Waals surface area contributed by atoms with Crippen LogP contribution in [-0.4, -0.2) is 26.6 Å². The molecule has 4 heteroatoms. The highest BCUT2D eigenvalue weighted by Gasteiger charge is 2.24. The number of amides is 1. The van der Waals surface area contributed by atoms with Crippen molar-refractivity contribution in [3.05, 3.63) is 54.4 Å². The summed E-state index contributed by atoms with van der Waals surface area (Å²) in [6, 6.07) is 11.8. The number of hydrogen-bond acceptors (Lipinski definition) is 2. The maximum atomic E-state index is 12.7. The smallest absolute Gasteiger partial charge is 0.247 e. The van der Waals surface area contributed by atoms with Crippen LogP contribution in [0.25, 0.3) is 0 Å². The monoisotopic (exact) mass is 271 g/mol. The van der Waals surface area contributed by atoms with Crippen molar-refractivity contribution in [3.8, 4) is 0 Å². The number of carbonyl (C=O) groups excluding carboxylic acids is 1. The Kier molecular flexibility index (Phi) is 4.56. The fourth-order valence-electron chi connectivity index (χ4n) is 2.16. The average Bonchev–Trinajstić information content (AvgIpc) is 2.98. The van der Waals surface area contributed by atoms with Crippen molar-refractivity contribution in [2.45, 2.75) is 39.4 Å². The van der Waals surface area contributed by atoms with E-state index >= 15 is 0 Å². The van der Waals surface area contributed by atoms with Crippen LogP contribution in [0.2, 0.25) is 0 Å². The molecule has 1 heterocycles. The van der Waals surface area contributed by atoms with E-state index in [1.807, 2.05) is 68.3 Å². The minimum Gasteiger partial charge on any atom is -0.334 e. The first-order chi connectivity index (χ1) is 9.59. The van der Waals surface area contributed by atoms with Gasteiger partial charge in [-0.05, 0) is 32.4 Å². The lowest BCUT2D eigenvalue weighted by Gasteiger charge is -2.29. The van der Waals surface area contributed by atoms with Crippen LogP contribution in [0, 0.1) is 0 Å². The zero-order valence-electron chi connectivity index (χ0n) is 12.2. The molecule has 0 radical (unpaired) electrons. The molecule has 1 unspecified atom stereocenters. The number of aromatic nitrogens is 2. The third kappa shape index (κ3) is 3.26. The molecule has 2 rings (SSSR count). The van der Waals surface area contributed by atoms with E-state index in [1.54, 1.807) is 10.9 Å². The summed E-state index contributed by atoms with van der Waals surface area (Å²) in [6.45, 7) is 6.59. The predicted octanol–water partition coefficient (Wildman–Crippen LogP) is 2.88. The predicted molar refractivity (Wildman–Crippen MR) is 79.1 cm³/mol. The summed E-state index contributed by atoms with van der Waals surface area (Å²) < 4.78 is 1.70. The highest BCUT2D eigenvalue weighted by atomic mass is 16.2. The molecular weight excluding hydrogens is 250 g/mol.